The molecule has 4 N–H and O–H groups in total. The Bertz CT molecular complexity index is 1010. The third-order valence-electron chi connectivity index (χ3n) is 5.14. The summed E-state index contributed by atoms with van der Waals surface area (Å²) in [5.74, 6) is 1.30. The number of nitrogens with two attached hydrogens (primary N) is 1. The van der Waals surface area contributed by atoms with E-state index in [1.807, 2.05) is 30.7 Å². The predicted octanol–water partition coefficient (Wildman–Crippen LogP) is 5.42. The van der Waals surface area contributed by atoms with Crippen LogP contribution in [0.25, 0.3) is 0 Å². The van der Waals surface area contributed by atoms with Gasteiger partial charge in [-0.2, -0.15) is 5.10 Å². The Labute approximate surface area is 199 Å². The normalized spacial score (nSPS) is 10.7. The zero-order chi connectivity index (χ0) is 23.8. The van der Waals surface area contributed by atoms with Crippen molar-refractivity contribution < 1.29 is 9.84 Å². The van der Waals surface area contributed by atoms with E-state index in [0.717, 1.165) is 21.4 Å². The summed E-state index contributed by atoms with van der Waals surface area (Å²) in [4.78, 5) is 0. The lowest BCUT2D eigenvalue weighted by atomic mass is 10.0. The van der Waals surface area contributed by atoms with Crippen molar-refractivity contribution in [3.05, 3.63) is 68.9 Å². The molecule has 0 unspecified atom stereocenters. The molecule has 0 radical (unpaired) electrons. The van der Waals surface area contributed by atoms with Crippen molar-refractivity contribution in [1.82, 2.24) is 9.78 Å². The second-order valence-corrected chi connectivity index (χ2v) is 8.93. The maximum absolute atomic E-state index is 8.97. The van der Waals surface area contributed by atoms with Gasteiger partial charge in [-0.15, -0.1) is 0 Å². The molecule has 0 amide bonds. The standard InChI is InChI=1S/C15H21BrN4O2.C10H14/c1-9-6-10(2)20(19-9)8-11-7-12(22-3)15(18-4-5-21)14(17)13(11)16;1-8(2)10-6-4-9(3)5-7-10/h6-7,18,21H,4-5,8,17H2,1-3H3;4-8H,1-3H3. The number of rotatable bonds is 7. The number of halogens is 1. The Morgan fingerprint density at radius 1 is 1.16 bits per heavy atom. The monoisotopic (exact) mass is 502 g/mol. The van der Waals surface area contributed by atoms with E-state index in [1.54, 1.807) is 7.11 Å². The van der Waals surface area contributed by atoms with Crippen molar-refractivity contribution in [2.45, 2.75) is 47.1 Å². The Balaban J connectivity index is 0.000000303. The summed E-state index contributed by atoms with van der Waals surface area (Å²) in [6, 6.07) is 12.7. The highest BCUT2D eigenvalue weighted by atomic mass is 79.9. The Morgan fingerprint density at radius 3 is 2.31 bits per heavy atom. The van der Waals surface area contributed by atoms with Crippen molar-refractivity contribution in [2.24, 2.45) is 0 Å². The maximum atomic E-state index is 8.97. The van der Waals surface area contributed by atoms with Gasteiger partial charge in [0.25, 0.3) is 0 Å². The van der Waals surface area contributed by atoms with Crippen LogP contribution in [0.2, 0.25) is 0 Å². The number of hydrogen-bond donors (Lipinski definition) is 3. The van der Waals surface area contributed by atoms with Gasteiger partial charge in [0, 0.05) is 16.7 Å². The van der Waals surface area contributed by atoms with Gasteiger partial charge in [-0.25, -0.2) is 0 Å². The number of hydrogen-bond acceptors (Lipinski definition) is 5. The summed E-state index contributed by atoms with van der Waals surface area (Å²) in [7, 11) is 1.60. The smallest absolute Gasteiger partial charge is 0.144 e. The van der Waals surface area contributed by atoms with E-state index in [2.05, 4.69) is 71.4 Å². The topological polar surface area (TPSA) is 85.3 Å². The van der Waals surface area contributed by atoms with Crippen molar-refractivity contribution in [3.63, 3.8) is 0 Å². The van der Waals surface area contributed by atoms with E-state index in [-0.39, 0.29) is 6.61 Å². The van der Waals surface area contributed by atoms with Crippen LogP contribution in [-0.2, 0) is 6.54 Å². The molecule has 1 heterocycles. The molecule has 3 aromatic rings. The lowest BCUT2D eigenvalue weighted by molar-refractivity contribution is 0.311. The van der Waals surface area contributed by atoms with Crippen molar-refractivity contribution >= 4 is 27.3 Å². The molecule has 0 fully saturated rings. The molecule has 1 aromatic heterocycles. The summed E-state index contributed by atoms with van der Waals surface area (Å²) in [5.41, 5.74) is 13.2. The minimum Gasteiger partial charge on any atom is -0.494 e. The molecular formula is C25H35BrN4O2. The number of nitrogens with zero attached hydrogens (tertiary/aromatic N) is 2. The highest BCUT2D eigenvalue weighted by Gasteiger charge is 2.16. The van der Waals surface area contributed by atoms with Crippen LogP contribution in [0.4, 0.5) is 11.4 Å². The molecule has 7 heteroatoms. The molecule has 2 aromatic carbocycles. The van der Waals surface area contributed by atoms with Gasteiger partial charge in [0.1, 0.15) is 11.4 Å². The van der Waals surface area contributed by atoms with Gasteiger partial charge in [0.2, 0.25) is 0 Å². The van der Waals surface area contributed by atoms with Gasteiger partial charge in [0.15, 0.2) is 0 Å². The van der Waals surface area contributed by atoms with Crippen molar-refractivity contribution in [1.29, 1.82) is 0 Å². The minimum absolute atomic E-state index is 0.0216. The molecule has 0 saturated heterocycles. The molecule has 6 nitrogen and oxygen atoms in total. The first-order valence-electron chi connectivity index (χ1n) is 10.7. The molecule has 174 valence electrons. The largest absolute Gasteiger partial charge is 0.494 e. The van der Waals surface area contributed by atoms with E-state index in [9.17, 15) is 0 Å². The first kappa shape index (κ1) is 25.7. The molecule has 0 saturated carbocycles. The third kappa shape index (κ3) is 6.74. The van der Waals surface area contributed by atoms with Crippen LogP contribution < -0.4 is 15.8 Å². The van der Waals surface area contributed by atoms with E-state index in [0.29, 0.717) is 36.1 Å². The Kier molecular flexibility index (Phi) is 9.60. The fraction of sp³-hybridized carbons (Fsp3) is 0.400. The zero-order valence-corrected chi connectivity index (χ0v) is 21.5. The molecular weight excluding hydrogens is 468 g/mol. The van der Waals surface area contributed by atoms with Crippen molar-refractivity contribution in [2.75, 3.05) is 31.3 Å². The van der Waals surface area contributed by atoms with E-state index in [1.165, 1.54) is 11.1 Å². The maximum Gasteiger partial charge on any atom is 0.144 e. The first-order chi connectivity index (χ1) is 15.2. The number of aliphatic hydroxyl groups excluding tert-OH is 1. The second kappa shape index (κ2) is 11.9. The quantitative estimate of drug-likeness (QED) is 0.375. The Hall–Kier alpha value is -2.51. The van der Waals surface area contributed by atoms with Gasteiger partial charge < -0.3 is 20.9 Å². The Morgan fingerprint density at radius 2 is 1.81 bits per heavy atom. The molecule has 0 aliphatic carbocycles. The molecule has 0 spiro atoms. The molecule has 3 rings (SSSR count). The van der Waals surface area contributed by atoms with E-state index < -0.39 is 0 Å². The summed E-state index contributed by atoms with van der Waals surface area (Å²) in [5, 5.41) is 16.5. The minimum atomic E-state index is 0.0216. The molecule has 32 heavy (non-hydrogen) atoms. The van der Waals surface area contributed by atoms with Gasteiger partial charge in [-0.05, 0) is 65.9 Å². The van der Waals surface area contributed by atoms with Crippen LogP contribution in [0.3, 0.4) is 0 Å². The predicted molar refractivity (Wildman–Crippen MR) is 137 cm³/mol. The summed E-state index contributed by atoms with van der Waals surface area (Å²) >= 11 is 3.55. The van der Waals surface area contributed by atoms with Gasteiger partial charge in [0.05, 0.1) is 31.6 Å². The number of aliphatic hydroxyl groups is 1. The van der Waals surface area contributed by atoms with Gasteiger partial charge in [-0.3, -0.25) is 4.68 Å². The van der Waals surface area contributed by atoms with E-state index >= 15 is 0 Å². The molecule has 0 aliphatic rings. The molecule has 0 atom stereocenters. The number of nitrogen functional groups attached to an aromatic ring is 1. The number of anilines is 2. The zero-order valence-electron chi connectivity index (χ0n) is 19.9. The fourth-order valence-electron chi connectivity index (χ4n) is 3.30. The summed E-state index contributed by atoms with van der Waals surface area (Å²) in [6.45, 7) is 11.6. The first-order valence-corrected chi connectivity index (χ1v) is 11.5. The average molecular weight is 503 g/mol. The van der Waals surface area contributed by atoms with Crippen LogP contribution in [0.5, 0.6) is 5.75 Å². The lowest BCUT2D eigenvalue weighted by Crippen LogP contribution is -2.11. The molecule has 0 aliphatic heterocycles. The number of nitrogens with one attached hydrogen (secondary N) is 1. The van der Waals surface area contributed by atoms with Crippen LogP contribution in [0, 0.1) is 20.8 Å². The van der Waals surface area contributed by atoms with Crippen LogP contribution in [-0.4, -0.2) is 35.1 Å². The van der Waals surface area contributed by atoms with Gasteiger partial charge >= 0.3 is 0 Å². The number of benzene rings is 2. The fourth-order valence-corrected chi connectivity index (χ4v) is 3.73. The lowest BCUT2D eigenvalue weighted by Gasteiger charge is -2.18. The highest BCUT2D eigenvalue weighted by molar-refractivity contribution is 9.10. The van der Waals surface area contributed by atoms with Crippen LogP contribution in [0.15, 0.2) is 40.9 Å². The average Bonchev–Trinajstić information content (AvgIpc) is 3.08. The third-order valence-corrected chi connectivity index (χ3v) is 6.08. The summed E-state index contributed by atoms with van der Waals surface area (Å²) in [6.07, 6.45) is 0. The van der Waals surface area contributed by atoms with Crippen LogP contribution >= 0.6 is 15.9 Å². The number of ether oxygens (including phenoxy) is 1. The highest BCUT2D eigenvalue weighted by Crippen LogP contribution is 2.39. The SMILES string of the molecule is COc1cc(Cn2nc(C)cc2C)c(Br)c(N)c1NCCO.Cc1ccc(C(C)C)cc1. The van der Waals surface area contributed by atoms with E-state index in [4.69, 9.17) is 15.6 Å². The van der Waals surface area contributed by atoms with Crippen LogP contribution in [0.1, 0.15) is 47.8 Å². The summed E-state index contributed by atoms with van der Waals surface area (Å²) < 4.78 is 8.15. The molecule has 0 bridgehead atoms. The van der Waals surface area contributed by atoms with Crippen molar-refractivity contribution in [3.8, 4) is 5.75 Å². The second-order valence-electron chi connectivity index (χ2n) is 8.14. The van der Waals surface area contributed by atoms with Gasteiger partial charge in [-0.1, -0.05) is 43.7 Å². The number of aromatic nitrogens is 2. The number of aryl methyl sites for hydroxylation is 3. The number of methoxy groups -OCH3 is 1.